The van der Waals surface area contributed by atoms with Gasteiger partial charge in [0.1, 0.15) is 0 Å². The minimum absolute atomic E-state index is 0.124. The number of hydrogen-bond donors (Lipinski definition) is 2. The molecule has 1 aromatic heterocycles. The van der Waals surface area contributed by atoms with Crippen molar-refractivity contribution in [2.24, 2.45) is 0 Å². The highest BCUT2D eigenvalue weighted by Gasteiger charge is 2.10. The van der Waals surface area contributed by atoms with E-state index in [1.807, 2.05) is 24.3 Å². The van der Waals surface area contributed by atoms with Gasteiger partial charge in [0.25, 0.3) is 0 Å². The number of nitrogens with zero attached hydrogens (tertiary/aromatic N) is 1. The van der Waals surface area contributed by atoms with E-state index in [0.717, 1.165) is 5.56 Å². The van der Waals surface area contributed by atoms with Gasteiger partial charge in [-0.25, -0.2) is 0 Å². The summed E-state index contributed by atoms with van der Waals surface area (Å²) < 4.78 is 5.77. The van der Waals surface area contributed by atoms with Gasteiger partial charge in [-0.05, 0) is 58.2 Å². The van der Waals surface area contributed by atoms with Gasteiger partial charge in [-0.1, -0.05) is 0 Å². The van der Waals surface area contributed by atoms with Crippen LogP contribution in [0.4, 0.5) is 0 Å². The predicted octanol–water partition coefficient (Wildman–Crippen LogP) is 3.41. The van der Waals surface area contributed by atoms with E-state index in [2.05, 4.69) is 33.2 Å². The van der Waals surface area contributed by atoms with Crippen molar-refractivity contribution in [3.05, 3.63) is 52.3 Å². The lowest BCUT2D eigenvalue weighted by Gasteiger charge is -2.15. The fourth-order valence-corrected chi connectivity index (χ4v) is 2.42. The molecule has 0 unspecified atom stereocenters. The molecule has 2 rings (SSSR count). The zero-order chi connectivity index (χ0) is 14.5. The first kappa shape index (κ1) is 14.8. The molecule has 0 amide bonds. The number of methoxy groups -OCH3 is 1. The van der Waals surface area contributed by atoms with Crippen LogP contribution in [0.25, 0.3) is 0 Å². The van der Waals surface area contributed by atoms with Crippen LogP contribution in [-0.2, 0) is 6.54 Å². The number of aromatic nitrogens is 1. The minimum atomic E-state index is 0.124. The predicted molar refractivity (Wildman–Crippen MR) is 81.9 cm³/mol. The second-order valence-corrected chi connectivity index (χ2v) is 5.37. The molecule has 106 valence electrons. The molecule has 2 aromatic rings. The van der Waals surface area contributed by atoms with Crippen molar-refractivity contribution >= 4 is 15.9 Å². The molecule has 0 spiro atoms. The van der Waals surface area contributed by atoms with E-state index in [1.54, 1.807) is 12.4 Å². The second-order valence-electron chi connectivity index (χ2n) is 4.51. The number of aromatic hydroxyl groups is 1. The van der Waals surface area contributed by atoms with Crippen molar-refractivity contribution in [2.45, 2.75) is 19.5 Å². The lowest BCUT2D eigenvalue weighted by molar-refractivity contribution is 0.371. The number of phenols is 1. The second kappa shape index (κ2) is 6.72. The van der Waals surface area contributed by atoms with Gasteiger partial charge in [0.2, 0.25) is 0 Å². The highest BCUT2D eigenvalue weighted by molar-refractivity contribution is 9.10. The van der Waals surface area contributed by atoms with Crippen molar-refractivity contribution in [2.75, 3.05) is 7.11 Å². The maximum absolute atomic E-state index is 9.78. The summed E-state index contributed by atoms with van der Waals surface area (Å²) in [7, 11) is 1.54. The molecule has 4 nitrogen and oxygen atoms in total. The van der Waals surface area contributed by atoms with E-state index < -0.39 is 0 Å². The van der Waals surface area contributed by atoms with Gasteiger partial charge in [0.15, 0.2) is 11.5 Å². The summed E-state index contributed by atoms with van der Waals surface area (Å²) in [6, 6.07) is 7.91. The number of pyridine rings is 1. The SMILES string of the molecule is COc1cc(CN[C@@H](C)c2ccncc2)cc(Br)c1O. The zero-order valence-electron chi connectivity index (χ0n) is 11.4. The van der Waals surface area contributed by atoms with Crippen LogP contribution in [0.5, 0.6) is 11.5 Å². The normalized spacial score (nSPS) is 12.2. The van der Waals surface area contributed by atoms with Crippen LogP contribution >= 0.6 is 15.9 Å². The minimum Gasteiger partial charge on any atom is -0.503 e. The van der Waals surface area contributed by atoms with Gasteiger partial charge >= 0.3 is 0 Å². The Labute approximate surface area is 126 Å². The molecule has 1 atom stereocenters. The van der Waals surface area contributed by atoms with E-state index in [4.69, 9.17) is 4.74 Å². The molecule has 0 aliphatic carbocycles. The zero-order valence-corrected chi connectivity index (χ0v) is 13.0. The average molecular weight is 337 g/mol. The molecule has 0 aliphatic heterocycles. The molecule has 20 heavy (non-hydrogen) atoms. The van der Waals surface area contributed by atoms with Gasteiger partial charge in [-0.3, -0.25) is 4.98 Å². The molecule has 0 fully saturated rings. The standard InChI is InChI=1S/C15H17BrN2O2/c1-10(12-3-5-17-6-4-12)18-9-11-7-13(16)15(19)14(8-11)20-2/h3-8,10,18-19H,9H2,1-2H3/t10-/m0/s1. The Bertz CT molecular complexity index is 576. The Morgan fingerprint density at radius 3 is 2.70 bits per heavy atom. The quantitative estimate of drug-likeness (QED) is 0.878. The fraction of sp³-hybridized carbons (Fsp3) is 0.267. The number of rotatable bonds is 5. The van der Waals surface area contributed by atoms with Gasteiger partial charge in [0, 0.05) is 25.0 Å². The van der Waals surface area contributed by atoms with Crippen LogP contribution in [-0.4, -0.2) is 17.2 Å². The van der Waals surface area contributed by atoms with Gasteiger partial charge in [-0.15, -0.1) is 0 Å². The lowest BCUT2D eigenvalue weighted by Crippen LogP contribution is -2.18. The Balaban J connectivity index is 2.06. The van der Waals surface area contributed by atoms with E-state index >= 15 is 0 Å². The number of hydrogen-bond acceptors (Lipinski definition) is 4. The third-order valence-electron chi connectivity index (χ3n) is 3.13. The van der Waals surface area contributed by atoms with E-state index in [-0.39, 0.29) is 11.8 Å². The number of halogens is 1. The Morgan fingerprint density at radius 2 is 2.05 bits per heavy atom. The summed E-state index contributed by atoms with van der Waals surface area (Å²) in [5.74, 6) is 0.589. The summed E-state index contributed by atoms with van der Waals surface area (Å²) in [6.07, 6.45) is 3.57. The number of nitrogens with one attached hydrogen (secondary N) is 1. The van der Waals surface area contributed by atoms with Crippen LogP contribution in [0.3, 0.4) is 0 Å². The topological polar surface area (TPSA) is 54.4 Å². The highest BCUT2D eigenvalue weighted by Crippen LogP contribution is 2.35. The third-order valence-corrected chi connectivity index (χ3v) is 3.73. The first-order chi connectivity index (χ1) is 9.61. The van der Waals surface area contributed by atoms with Crippen molar-refractivity contribution in [1.82, 2.24) is 10.3 Å². The Morgan fingerprint density at radius 1 is 1.35 bits per heavy atom. The van der Waals surface area contributed by atoms with E-state index in [9.17, 15) is 5.11 Å². The molecule has 0 saturated carbocycles. The van der Waals surface area contributed by atoms with E-state index in [0.29, 0.717) is 16.8 Å². The van der Waals surface area contributed by atoms with Gasteiger partial charge < -0.3 is 15.2 Å². The summed E-state index contributed by atoms with van der Waals surface area (Å²) in [6.45, 7) is 2.78. The molecule has 2 N–H and O–H groups in total. The number of benzene rings is 1. The number of ether oxygens (including phenoxy) is 1. The van der Waals surface area contributed by atoms with Gasteiger partial charge in [0.05, 0.1) is 11.6 Å². The molecule has 1 aromatic carbocycles. The van der Waals surface area contributed by atoms with Crippen molar-refractivity contribution in [3.63, 3.8) is 0 Å². The molecule has 0 bridgehead atoms. The monoisotopic (exact) mass is 336 g/mol. The van der Waals surface area contributed by atoms with E-state index in [1.165, 1.54) is 12.7 Å². The maximum Gasteiger partial charge on any atom is 0.172 e. The molecular formula is C15H17BrN2O2. The Kier molecular flexibility index (Phi) is 4.98. The molecule has 0 saturated heterocycles. The van der Waals surface area contributed by atoms with Crippen molar-refractivity contribution in [3.8, 4) is 11.5 Å². The van der Waals surface area contributed by atoms with Crippen LogP contribution in [0.15, 0.2) is 41.1 Å². The molecular weight excluding hydrogens is 320 g/mol. The highest BCUT2D eigenvalue weighted by atomic mass is 79.9. The molecule has 1 heterocycles. The van der Waals surface area contributed by atoms with Crippen LogP contribution in [0.1, 0.15) is 24.1 Å². The fourth-order valence-electron chi connectivity index (χ4n) is 1.93. The van der Waals surface area contributed by atoms with Crippen molar-refractivity contribution in [1.29, 1.82) is 0 Å². The largest absolute Gasteiger partial charge is 0.503 e. The first-order valence-electron chi connectivity index (χ1n) is 6.30. The number of phenolic OH excluding ortho intramolecular Hbond substituents is 1. The van der Waals surface area contributed by atoms with Crippen LogP contribution < -0.4 is 10.1 Å². The average Bonchev–Trinajstić information content (AvgIpc) is 2.48. The summed E-state index contributed by atoms with van der Waals surface area (Å²) in [5.41, 5.74) is 2.22. The van der Waals surface area contributed by atoms with Crippen LogP contribution in [0, 0.1) is 0 Å². The third kappa shape index (κ3) is 3.49. The molecule has 5 heteroatoms. The molecule has 0 radical (unpaired) electrons. The molecule has 0 aliphatic rings. The van der Waals surface area contributed by atoms with Crippen LogP contribution in [0.2, 0.25) is 0 Å². The van der Waals surface area contributed by atoms with Crippen molar-refractivity contribution < 1.29 is 9.84 Å². The maximum atomic E-state index is 9.78. The summed E-state index contributed by atoms with van der Waals surface area (Å²) >= 11 is 3.32. The van der Waals surface area contributed by atoms with Gasteiger partial charge in [-0.2, -0.15) is 0 Å². The Hall–Kier alpha value is -1.59. The summed E-state index contributed by atoms with van der Waals surface area (Å²) in [4.78, 5) is 4.01. The first-order valence-corrected chi connectivity index (χ1v) is 7.09. The smallest absolute Gasteiger partial charge is 0.172 e. The summed E-state index contributed by atoms with van der Waals surface area (Å²) in [5, 5.41) is 13.2. The lowest BCUT2D eigenvalue weighted by atomic mass is 10.1.